The molecule has 0 fully saturated rings. The van der Waals surface area contributed by atoms with Crippen LogP contribution in [0.2, 0.25) is 0 Å². The van der Waals surface area contributed by atoms with Crippen molar-refractivity contribution in [1.82, 2.24) is 4.98 Å². The summed E-state index contributed by atoms with van der Waals surface area (Å²) in [5.74, 6) is 0. The van der Waals surface area contributed by atoms with E-state index in [2.05, 4.69) is 18.0 Å². The van der Waals surface area contributed by atoms with Gasteiger partial charge in [-0.3, -0.25) is 4.79 Å². The molecule has 2 aromatic rings. The second kappa shape index (κ2) is 3.05. The Hall–Kier alpha value is -1.57. The van der Waals surface area contributed by atoms with Crippen molar-refractivity contribution in [2.45, 2.75) is 13.3 Å². The van der Waals surface area contributed by atoms with E-state index in [0.717, 1.165) is 29.2 Å². The lowest BCUT2D eigenvalue weighted by atomic mass is 10.1. The van der Waals surface area contributed by atoms with Crippen molar-refractivity contribution in [3.63, 3.8) is 0 Å². The van der Waals surface area contributed by atoms with Gasteiger partial charge in [0.25, 0.3) is 0 Å². The summed E-state index contributed by atoms with van der Waals surface area (Å²) in [6.45, 7) is 2.08. The molecule has 66 valence electrons. The van der Waals surface area contributed by atoms with E-state index < -0.39 is 0 Å². The van der Waals surface area contributed by atoms with E-state index in [0.29, 0.717) is 0 Å². The Morgan fingerprint density at radius 3 is 3.00 bits per heavy atom. The van der Waals surface area contributed by atoms with E-state index in [9.17, 15) is 4.79 Å². The first-order chi connectivity index (χ1) is 6.35. The molecule has 0 atom stereocenters. The zero-order valence-corrected chi connectivity index (χ0v) is 7.50. The lowest BCUT2D eigenvalue weighted by Crippen LogP contribution is -1.86. The third-order valence-electron chi connectivity index (χ3n) is 2.30. The maximum atomic E-state index is 10.8. The second-order valence-electron chi connectivity index (χ2n) is 3.10. The molecule has 13 heavy (non-hydrogen) atoms. The molecule has 1 N–H and O–H groups in total. The Morgan fingerprint density at radius 2 is 2.31 bits per heavy atom. The van der Waals surface area contributed by atoms with Gasteiger partial charge in [0, 0.05) is 22.7 Å². The number of fused-ring (bicyclic) bond motifs is 1. The van der Waals surface area contributed by atoms with Crippen molar-refractivity contribution in [2.75, 3.05) is 0 Å². The number of H-pyrrole nitrogens is 1. The van der Waals surface area contributed by atoms with Crippen LogP contribution in [0.5, 0.6) is 0 Å². The van der Waals surface area contributed by atoms with Gasteiger partial charge in [0.15, 0.2) is 6.29 Å². The highest BCUT2D eigenvalue weighted by molar-refractivity contribution is 5.97. The van der Waals surface area contributed by atoms with Crippen LogP contribution in [0.4, 0.5) is 0 Å². The minimum absolute atomic E-state index is 0.774. The van der Waals surface area contributed by atoms with Crippen molar-refractivity contribution in [2.24, 2.45) is 0 Å². The van der Waals surface area contributed by atoms with E-state index in [1.165, 1.54) is 5.56 Å². The van der Waals surface area contributed by atoms with Crippen molar-refractivity contribution in [3.05, 3.63) is 35.5 Å². The molecule has 0 bridgehead atoms. The minimum atomic E-state index is 0.774. The summed E-state index contributed by atoms with van der Waals surface area (Å²) in [4.78, 5) is 13.9. The fraction of sp³-hybridized carbons (Fsp3) is 0.182. The molecule has 0 radical (unpaired) electrons. The molecule has 0 aliphatic carbocycles. The van der Waals surface area contributed by atoms with Gasteiger partial charge in [-0.2, -0.15) is 0 Å². The van der Waals surface area contributed by atoms with E-state index in [1.54, 1.807) is 0 Å². The molecular weight excluding hydrogens is 162 g/mol. The summed E-state index contributed by atoms with van der Waals surface area (Å²) in [6, 6.07) is 5.96. The van der Waals surface area contributed by atoms with Crippen LogP contribution in [0.25, 0.3) is 10.9 Å². The zero-order valence-electron chi connectivity index (χ0n) is 7.50. The molecule has 1 aromatic carbocycles. The first-order valence-electron chi connectivity index (χ1n) is 4.40. The summed E-state index contributed by atoms with van der Waals surface area (Å²) < 4.78 is 0. The minimum Gasteiger partial charge on any atom is -0.361 e. The van der Waals surface area contributed by atoms with Crippen molar-refractivity contribution >= 4 is 17.2 Å². The van der Waals surface area contributed by atoms with Crippen LogP contribution in [-0.2, 0) is 6.42 Å². The molecule has 0 amide bonds. The van der Waals surface area contributed by atoms with Crippen LogP contribution >= 0.6 is 0 Å². The quantitative estimate of drug-likeness (QED) is 0.695. The zero-order chi connectivity index (χ0) is 9.26. The fourth-order valence-electron chi connectivity index (χ4n) is 1.56. The number of benzene rings is 1. The van der Waals surface area contributed by atoms with E-state index in [-0.39, 0.29) is 0 Å². The topological polar surface area (TPSA) is 32.9 Å². The molecule has 0 spiro atoms. The van der Waals surface area contributed by atoms with Crippen molar-refractivity contribution in [1.29, 1.82) is 0 Å². The smallest absolute Gasteiger partial charge is 0.150 e. The van der Waals surface area contributed by atoms with E-state index in [4.69, 9.17) is 0 Å². The Morgan fingerprint density at radius 1 is 1.46 bits per heavy atom. The average molecular weight is 173 g/mol. The van der Waals surface area contributed by atoms with Gasteiger partial charge in [-0.1, -0.05) is 6.92 Å². The van der Waals surface area contributed by atoms with E-state index >= 15 is 0 Å². The molecule has 1 aromatic heterocycles. The molecule has 0 unspecified atom stereocenters. The molecular formula is C11H11NO. The van der Waals surface area contributed by atoms with Gasteiger partial charge in [0.05, 0.1) is 0 Å². The highest BCUT2D eigenvalue weighted by Crippen LogP contribution is 2.18. The van der Waals surface area contributed by atoms with Gasteiger partial charge in [-0.05, 0) is 30.2 Å². The Balaban J connectivity index is 2.77. The number of aldehydes is 1. The number of aryl methyl sites for hydroxylation is 1. The maximum Gasteiger partial charge on any atom is 0.150 e. The molecule has 0 saturated carbocycles. The summed E-state index contributed by atoms with van der Waals surface area (Å²) in [6.07, 6.45) is 3.72. The molecule has 2 heteroatoms. The first kappa shape index (κ1) is 8.05. The van der Waals surface area contributed by atoms with Crippen molar-refractivity contribution in [3.8, 4) is 0 Å². The van der Waals surface area contributed by atoms with Crippen molar-refractivity contribution < 1.29 is 4.79 Å². The summed E-state index contributed by atoms with van der Waals surface area (Å²) in [5.41, 5.74) is 3.01. The van der Waals surface area contributed by atoms with Gasteiger partial charge in [-0.15, -0.1) is 0 Å². The van der Waals surface area contributed by atoms with Gasteiger partial charge in [0.2, 0.25) is 0 Å². The van der Waals surface area contributed by atoms with Gasteiger partial charge >= 0.3 is 0 Å². The molecule has 1 heterocycles. The highest BCUT2D eigenvalue weighted by atomic mass is 16.1. The lowest BCUT2D eigenvalue weighted by Gasteiger charge is -1.99. The second-order valence-corrected chi connectivity index (χ2v) is 3.10. The molecule has 0 saturated heterocycles. The van der Waals surface area contributed by atoms with Gasteiger partial charge < -0.3 is 4.98 Å². The van der Waals surface area contributed by atoms with Crippen LogP contribution in [0, 0.1) is 0 Å². The van der Waals surface area contributed by atoms with Crippen LogP contribution in [0.3, 0.4) is 0 Å². The lowest BCUT2D eigenvalue weighted by molar-refractivity contribution is 0.112. The SMILES string of the molecule is CCc1cc(C=O)c2cc[nH]c2c1. The Kier molecular flexibility index (Phi) is 1.89. The highest BCUT2D eigenvalue weighted by Gasteiger charge is 2.02. The molecule has 2 nitrogen and oxygen atoms in total. The van der Waals surface area contributed by atoms with Crippen LogP contribution < -0.4 is 0 Å². The fourth-order valence-corrected chi connectivity index (χ4v) is 1.56. The van der Waals surface area contributed by atoms with Crippen LogP contribution in [0.15, 0.2) is 24.4 Å². The summed E-state index contributed by atoms with van der Waals surface area (Å²) in [5, 5.41) is 1.01. The average Bonchev–Trinajstić information content (AvgIpc) is 2.63. The molecule has 0 aliphatic heterocycles. The monoisotopic (exact) mass is 173 g/mol. The number of hydrogen-bond acceptors (Lipinski definition) is 1. The predicted molar refractivity (Wildman–Crippen MR) is 53.1 cm³/mol. The molecule has 0 aliphatic rings. The maximum absolute atomic E-state index is 10.8. The van der Waals surface area contributed by atoms with Gasteiger partial charge in [-0.25, -0.2) is 0 Å². The number of aromatic nitrogens is 1. The van der Waals surface area contributed by atoms with Gasteiger partial charge in [0.1, 0.15) is 0 Å². The summed E-state index contributed by atoms with van der Waals surface area (Å²) in [7, 11) is 0. The largest absolute Gasteiger partial charge is 0.361 e. The number of hydrogen-bond donors (Lipinski definition) is 1. The normalized spacial score (nSPS) is 10.5. The third-order valence-corrected chi connectivity index (χ3v) is 2.30. The number of nitrogens with one attached hydrogen (secondary N) is 1. The van der Waals surface area contributed by atoms with Crippen LogP contribution in [-0.4, -0.2) is 11.3 Å². The standard InChI is InChI=1S/C11H11NO/c1-2-8-5-9(7-13)10-3-4-12-11(10)6-8/h3-7,12H,2H2,1H3. The van der Waals surface area contributed by atoms with E-state index in [1.807, 2.05) is 18.3 Å². The predicted octanol–water partition coefficient (Wildman–Crippen LogP) is 2.54. The number of carbonyl (C=O) groups excluding carboxylic acids is 1. The Labute approximate surface area is 76.6 Å². The van der Waals surface area contributed by atoms with Crippen LogP contribution in [0.1, 0.15) is 22.8 Å². The molecule has 2 rings (SSSR count). The number of aromatic amines is 1. The Bertz CT molecular complexity index is 442. The number of carbonyl (C=O) groups is 1. The summed E-state index contributed by atoms with van der Waals surface area (Å²) >= 11 is 0. The number of rotatable bonds is 2. The first-order valence-corrected chi connectivity index (χ1v) is 4.40. The third kappa shape index (κ3) is 1.24.